The first-order valence-corrected chi connectivity index (χ1v) is 19.0. The molecule has 2 heterocycles. The Hall–Kier alpha value is -1.89. The Kier molecular flexibility index (Phi) is 17.6. The third-order valence-corrected chi connectivity index (χ3v) is 11.2. The molecule has 0 unspecified atom stereocenters. The van der Waals surface area contributed by atoms with Gasteiger partial charge in [-0.25, -0.2) is 9.97 Å². The fraction of sp³-hybridized carbons (Fsp3) is 0.750. The minimum absolute atomic E-state index is 0.316. The van der Waals surface area contributed by atoms with E-state index in [0.29, 0.717) is 97.2 Å². The molecule has 0 fully saturated rings. The van der Waals surface area contributed by atoms with E-state index >= 15 is 0 Å². The largest absolute Gasteiger partial charge is 0.480 e. The molecule has 0 aliphatic heterocycles. The van der Waals surface area contributed by atoms with Crippen molar-refractivity contribution in [2.45, 2.75) is 92.0 Å². The Balaban J connectivity index is 2.09. The van der Waals surface area contributed by atoms with E-state index in [1.807, 2.05) is 21.5 Å². The SMILES string of the molecule is CCOP(=O)(CCCn1ccnc1CN(CCCC[C@H](N)C(=O)O)Cc1nccn1CCCP(=O)(OCC)OCC)OCC. The van der Waals surface area contributed by atoms with Crippen molar-refractivity contribution in [3.63, 3.8) is 0 Å². The van der Waals surface area contributed by atoms with Gasteiger partial charge in [0.15, 0.2) is 0 Å². The molecule has 0 aromatic carbocycles. The van der Waals surface area contributed by atoms with Crippen LogP contribution in [-0.4, -0.2) is 86.4 Å². The van der Waals surface area contributed by atoms with Crippen LogP contribution in [0.1, 0.15) is 71.4 Å². The summed E-state index contributed by atoms with van der Waals surface area (Å²) in [5.74, 6) is 0.701. The second-order valence-electron chi connectivity index (χ2n) is 10.3. The second-order valence-corrected chi connectivity index (χ2v) is 14.6. The Labute approximate surface area is 261 Å². The topological polar surface area (TPSA) is 173 Å². The van der Waals surface area contributed by atoms with Gasteiger partial charge in [0.1, 0.15) is 17.7 Å². The third kappa shape index (κ3) is 13.6. The normalized spacial score (nSPS) is 13.1. The number of carbonyl (C=O) groups is 1. The number of aromatic nitrogens is 4. The molecule has 252 valence electrons. The highest BCUT2D eigenvalue weighted by Gasteiger charge is 2.24. The maximum Gasteiger partial charge on any atom is 0.330 e. The fourth-order valence-corrected chi connectivity index (χ4v) is 8.11. The number of carboxylic acid groups (broad SMARTS) is 1. The highest BCUT2D eigenvalue weighted by Crippen LogP contribution is 2.49. The van der Waals surface area contributed by atoms with Gasteiger partial charge in [-0.1, -0.05) is 6.42 Å². The summed E-state index contributed by atoms with van der Waals surface area (Å²) in [4.78, 5) is 22.6. The highest BCUT2D eigenvalue weighted by atomic mass is 31.2. The molecule has 3 N–H and O–H groups in total. The smallest absolute Gasteiger partial charge is 0.330 e. The molecule has 2 aromatic heterocycles. The summed E-state index contributed by atoms with van der Waals surface area (Å²) in [5, 5.41) is 9.13. The minimum Gasteiger partial charge on any atom is -0.480 e. The lowest BCUT2D eigenvalue weighted by Gasteiger charge is -2.23. The lowest BCUT2D eigenvalue weighted by molar-refractivity contribution is -0.138. The first kappa shape index (κ1) is 38.3. The summed E-state index contributed by atoms with van der Waals surface area (Å²) in [6.45, 7) is 11.5. The molecule has 0 saturated heterocycles. The third-order valence-electron chi connectivity index (χ3n) is 6.86. The van der Waals surface area contributed by atoms with Crippen molar-refractivity contribution in [1.82, 2.24) is 24.0 Å². The first-order chi connectivity index (χ1) is 21.1. The molecule has 0 saturated carbocycles. The van der Waals surface area contributed by atoms with Crippen molar-refractivity contribution in [2.75, 3.05) is 45.3 Å². The van der Waals surface area contributed by atoms with E-state index in [2.05, 4.69) is 14.9 Å². The van der Waals surface area contributed by atoms with Crippen molar-refractivity contribution in [2.24, 2.45) is 5.73 Å². The van der Waals surface area contributed by atoms with Gasteiger partial charge in [0.2, 0.25) is 0 Å². The maximum absolute atomic E-state index is 12.9. The van der Waals surface area contributed by atoms with Gasteiger partial charge in [-0.2, -0.15) is 0 Å². The molecule has 16 heteroatoms. The van der Waals surface area contributed by atoms with Crippen molar-refractivity contribution in [3.05, 3.63) is 36.4 Å². The molecular weight excluding hydrogens is 610 g/mol. The standard InChI is InChI=1S/C28H52N6O8P2/c1-5-39-43(37,40-6-2)21-11-17-33-19-14-30-26(33)23-32(16-10-9-13-25(29)28(35)36)24-27-31-15-20-34(27)18-12-22-44(38,41-7-3)42-8-4/h14-15,19-20,25H,5-13,16-18,21-24,29H2,1-4H3,(H,35,36)/t25-/m0/s1. The first-order valence-electron chi connectivity index (χ1n) is 15.6. The number of rotatable bonds is 26. The van der Waals surface area contributed by atoms with E-state index in [-0.39, 0.29) is 0 Å². The molecule has 0 bridgehead atoms. The van der Waals surface area contributed by atoms with Crippen LogP contribution in [0.15, 0.2) is 24.8 Å². The highest BCUT2D eigenvalue weighted by molar-refractivity contribution is 7.54. The number of nitrogens with zero attached hydrogens (tertiary/aromatic N) is 5. The number of hydrogen-bond donors (Lipinski definition) is 2. The van der Waals surface area contributed by atoms with E-state index in [9.17, 15) is 13.9 Å². The molecule has 0 aliphatic carbocycles. The fourth-order valence-electron chi connectivity index (χ4n) is 4.82. The van der Waals surface area contributed by atoms with Crippen molar-refractivity contribution in [1.29, 1.82) is 0 Å². The van der Waals surface area contributed by atoms with Crippen LogP contribution in [0.5, 0.6) is 0 Å². The van der Waals surface area contributed by atoms with Crippen LogP contribution in [0.25, 0.3) is 0 Å². The molecule has 0 aliphatic rings. The Morgan fingerprint density at radius 3 is 1.64 bits per heavy atom. The predicted molar refractivity (Wildman–Crippen MR) is 169 cm³/mol. The zero-order valence-electron chi connectivity index (χ0n) is 26.7. The van der Waals surface area contributed by atoms with Gasteiger partial charge < -0.3 is 38.1 Å². The van der Waals surface area contributed by atoms with E-state index in [1.165, 1.54) is 0 Å². The Bertz CT molecular complexity index is 1100. The van der Waals surface area contributed by atoms with Gasteiger partial charge in [-0.05, 0) is 59.9 Å². The van der Waals surface area contributed by atoms with Crippen molar-refractivity contribution in [3.8, 4) is 0 Å². The van der Waals surface area contributed by atoms with Crippen LogP contribution in [0.2, 0.25) is 0 Å². The molecule has 0 amide bonds. The molecule has 0 spiro atoms. The maximum atomic E-state index is 12.9. The summed E-state index contributed by atoms with van der Waals surface area (Å²) in [6.07, 6.45) is 11.0. The average molecular weight is 663 g/mol. The van der Waals surface area contributed by atoms with Crippen molar-refractivity contribution < 1.29 is 37.1 Å². The molecule has 1 atom stereocenters. The van der Waals surface area contributed by atoms with E-state index in [0.717, 1.165) is 18.1 Å². The number of hydrogen-bond acceptors (Lipinski definition) is 11. The molecule has 2 aromatic rings. The van der Waals surface area contributed by atoms with Gasteiger partial charge in [-0.15, -0.1) is 0 Å². The van der Waals surface area contributed by atoms with Crippen LogP contribution in [0.3, 0.4) is 0 Å². The lowest BCUT2D eigenvalue weighted by Crippen LogP contribution is -2.31. The molecule has 2 rings (SSSR count). The average Bonchev–Trinajstić information content (AvgIpc) is 3.60. The van der Waals surface area contributed by atoms with Gasteiger partial charge in [0.05, 0.1) is 51.8 Å². The van der Waals surface area contributed by atoms with Gasteiger partial charge in [0.25, 0.3) is 0 Å². The number of aryl methyl sites for hydroxylation is 2. The summed E-state index contributed by atoms with van der Waals surface area (Å²) in [7, 11) is -6.25. The summed E-state index contributed by atoms with van der Waals surface area (Å²) in [6, 6.07) is -0.880. The zero-order chi connectivity index (χ0) is 32.4. The Morgan fingerprint density at radius 1 is 0.818 bits per heavy atom. The lowest BCUT2D eigenvalue weighted by atomic mass is 10.1. The summed E-state index contributed by atoms with van der Waals surface area (Å²) < 4.78 is 51.6. The number of carboxylic acids is 1. The molecular formula is C28H52N6O8P2. The van der Waals surface area contributed by atoms with Gasteiger partial charge in [-0.3, -0.25) is 18.8 Å². The number of aliphatic carboxylic acids is 1. The van der Waals surface area contributed by atoms with E-state index in [1.54, 1.807) is 40.1 Å². The monoisotopic (exact) mass is 662 g/mol. The summed E-state index contributed by atoms with van der Waals surface area (Å²) in [5.41, 5.74) is 5.71. The zero-order valence-corrected chi connectivity index (χ0v) is 28.5. The van der Waals surface area contributed by atoms with E-state index in [4.69, 9.17) is 28.9 Å². The van der Waals surface area contributed by atoms with Crippen LogP contribution in [-0.2, 0) is 58.2 Å². The molecule has 14 nitrogen and oxygen atoms in total. The predicted octanol–water partition coefficient (Wildman–Crippen LogP) is 4.98. The van der Waals surface area contributed by atoms with Crippen LogP contribution in [0, 0.1) is 0 Å². The quantitative estimate of drug-likeness (QED) is 0.102. The van der Waals surface area contributed by atoms with E-state index < -0.39 is 27.2 Å². The van der Waals surface area contributed by atoms with Gasteiger partial charge >= 0.3 is 21.2 Å². The number of unbranched alkanes of at least 4 members (excludes halogenated alkanes) is 1. The second kappa shape index (κ2) is 20.3. The van der Waals surface area contributed by atoms with Gasteiger partial charge in [0, 0.05) is 37.9 Å². The van der Waals surface area contributed by atoms with Crippen LogP contribution in [0.4, 0.5) is 0 Å². The van der Waals surface area contributed by atoms with Crippen LogP contribution < -0.4 is 5.73 Å². The van der Waals surface area contributed by atoms with Crippen LogP contribution >= 0.6 is 15.2 Å². The Morgan fingerprint density at radius 2 is 1.25 bits per heavy atom. The molecule has 44 heavy (non-hydrogen) atoms. The van der Waals surface area contributed by atoms with Crippen molar-refractivity contribution >= 4 is 21.2 Å². The number of nitrogens with two attached hydrogens (primary N) is 1. The minimum atomic E-state index is -3.13. The number of imidazole rings is 2. The molecule has 0 radical (unpaired) electrons. The summed E-state index contributed by atoms with van der Waals surface area (Å²) >= 11 is 0.